The number of hydrogen-bond acceptors (Lipinski definition) is 5. The van der Waals surface area contributed by atoms with E-state index in [4.69, 9.17) is 10.5 Å². The molecule has 2 N–H and O–H groups in total. The Morgan fingerprint density at radius 2 is 1.80 bits per heavy atom. The van der Waals surface area contributed by atoms with Gasteiger partial charge in [0.2, 0.25) is 0 Å². The molecule has 1 aliphatic heterocycles. The van der Waals surface area contributed by atoms with Gasteiger partial charge in [-0.3, -0.25) is 0 Å². The highest BCUT2D eigenvalue weighted by Gasteiger charge is 2.36. The Morgan fingerprint density at radius 3 is 2.60 bits per heavy atom. The number of nitrogens with two attached hydrogens (primary N) is 1. The maximum atomic E-state index is 13.2. The predicted octanol–water partition coefficient (Wildman–Crippen LogP) is 2.75. The molecule has 4 rings (SSSR count). The van der Waals surface area contributed by atoms with Crippen LogP contribution in [-0.2, 0) is 9.84 Å². The molecule has 0 aliphatic carbocycles. The number of benzene rings is 2. The minimum atomic E-state index is -3.68. The molecule has 1 aromatic heterocycles. The van der Waals surface area contributed by atoms with Crippen LogP contribution < -0.4 is 10.5 Å². The van der Waals surface area contributed by atoms with Gasteiger partial charge >= 0.3 is 0 Å². The van der Waals surface area contributed by atoms with Crippen molar-refractivity contribution < 1.29 is 13.2 Å². The quantitative estimate of drug-likeness (QED) is 0.780. The molecule has 128 valence electrons. The standard InChI is InChI=1S/C18H17N3O3S/c19-18-17(12-20-21(18)13-6-2-1-3-7-13)25(22,23)16-10-11-24-15-9-5-4-8-14(15)16/h1-9,12,16H,10-11,19H2. The van der Waals surface area contributed by atoms with Gasteiger partial charge in [-0.1, -0.05) is 36.4 Å². The van der Waals surface area contributed by atoms with Crippen LogP contribution in [0.4, 0.5) is 5.82 Å². The lowest BCUT2D eigenvalue weighted by atomic mass is 10.1. The summed E-state index contributed by atoms with van der Waals surface area (Å²) in [5.74, 6) is 0.728. The highest BCUT2D eigenvalue weighted by Crippen LogP contribution is 2.41. The Bertz CT molecular complexity index is 1010. The lowest BCUT2D eigenvalue weighted by Gasteiger charge is -2.25. The fraction of sp³-hybridized carbons (Fsp3) is 0.167. The number of fused-ring (bicyclic) bond motifs is 1. The molecule has 6 nitrogen and oxygen atoms in total. The van der Waals surface area contributed by atoms with Crippen molar-refractivity contribution in [1.82, 2.24) is 9.78 Å². The molecule has 0 bridgehead atoms. The molecule has 0 saturated heterocycles. The van der Waals surface area contributed by atoms with Crippen molar-refractivity contribution in [3.8, 4) is 11.4 Å². The summed E-state index contributed by atoms with van der Waals surface area (Å²) < 4.78 is 33.5. The molecule has 1 atom stereocenters. The van der Waals surface area contributed by atoms with Gasteiger partial charge in [0, 0.05) is 12.0 Å². The highest BCUT2D eigenvalue weighted by atomic mass is 32.2. The summed E-state index contributed by atoms with van der Waals surface area (Å²) in [5, 5.41) is 3.50. The van der Waals surface area contributed by atoms with Crippen LogP contribution in [-0.4, -0.2) is 24.8 Å². The minimum absolute atomic E-state index is 0.0538. The van der Waals surface area contributed by atoms with Crippen LogP contribution >= 0.6 is 0 Å². The van der Waals surface area contributed by atoms with Gasteiger partial charge in [-0.25, -0.2) is 13.1 Å². The summed E-state index contributed by atoms with van der Waals surface area (Å²) >= 11 is 0. The number of sulfone groups is 1. The van der Waals surface area contributed by atoms with Crippen molar-refractivity contribution in [2.45, 2.75) is 16.6 Å². The summed E-state index contributed by atoms with van der Waals surface area (Å²) in [6, 6.07) is 16.4. The average molecular weight is 355 g/mol. The first-order valence-corrected chi connectivity index (χ1v) is 9.48. The van der Waals surface area contributed by atoms with Crippen LogP contribution in [0.1, 0.15) is 17.2 Å². The first-order valence-electron chi connectivity index (χ1n) is 7.93. The molecular formula is C18H17N3O3S. The first kappa shape index (κ1) is 15.7. The van der Waals surface area contributed by atoms with Gasteiger partial charge in [0.05, 0.1) is 23.7 Å². The van der Waals surface area contributed by atoms with Crippen LogP contribution in [0.2, 0.25) is 0 Å². The van der Waals surface area contributed by atoms with E-state index in [1.807, 2.05) is 42.5 Å². The van der Waals surface area contributed by atoms with E-state index in [1.165, 1.54) is 10.9 Å². The fourth-order valence-corrected chi connectivity index (χ4v) is 4.94. The van der Waals surface area contributed by atoms with Gasteiger partial charge in [-0.05, 0) is 18.2 Å². The number of anilines is 1. The molecule has 1 aliphatic rings. The molecule has 0 radical (unpaired) electrons. The monoisotopic (exact) mass is 355 g/mol. The number of nitrogens with zero attached hydrogens (tertiary/aromatic N) is 2. The zero-order valence-corrected chi connectivity index (χ0v) is 14.2. The summed E-state index contributed by atoms with van der Waals surface area (Å²) in [4.78, 5) is 0.0538. The van der Waals surface area contributed by atoms with Crippen molar-refractivity contribution in [2.75, 3.05) is 12.3 Å². The second-order valence-corrected chi connectivity index (χ2v) is 7.95. The smallest absolute Gasteiger partial charge is 0.190 e. The Kier molecular flexibility index (Phi) is 3.73. The van der Waals surface area contributed by atoms with Crippen LogP contribution in [0.5, 0.6) is 5.75 Å². The molecule has 3 aromatic rings. The maximum absolute atomic E-state index is 13.2. The zero-order valence-electron chi connectivity index (χ0n) is 13.4. The topological polar surface area (TPSA) is 87.2 Å². The first-order chi connectivity index (χ1) is 12.1. The zero-order chi connectivity index (χ0) is 17.4. The van der Waals surface area contributed by atoms with E-state index in [1.54, 1.807) is 12.1 Å². The van der Waals surface area contributed by atoms with Crippen molar-refractivity contribution >= 4 is 15.7 Å². The van der Waals surface area contributed by atoms with Crippen molar-refractivity contribution in [3.05, 3.63) is 66.4 Å². The molecule has 7 heteroatoms. The predicted molar refractivity (Wildman–Crippen MR) is 94.5 cm³/mol. The van der Waals surface area contributed by atoms with E-state index in [9.17, 15) is 8.42 Å². The van der Waals surface area contributed by atoms with Crippen molar-refractivity contribution in [1.29, 1.82) is 0 Å². The number of ether oxygens (including phenoxy) is 1. The SMILES string of the molecule is Nc1c(S(=O)(=O)C2CCOc3ccccc32)cnn1-c1ccccc1. The minimum Gasteiger partial charge on any atom is -0.493 e. The van der Waals surface area contributed by atoms with Crippen LogP contribution in [0.3, 0.4) is 0 Å². The average Bonchev–Trinajstić information content (AvgIpc) is 3.04. The summed E-state index contributed by atoms with van der Waals surface area (Å²) in [6.45, 7) is 0.355. The van der Waals surface area contributed by atoms with Gasteiger partial charge < -0.3 is 10.5 Å². The van der Waals surface area contributed by atoms with Gasteiger partial charge in [-0.15, -0.1) is 0 Å². The fourth-order valence-electron chi connectivity index (χ4n) is 3.12. The summed E-state index contributed by atoms with van der Waals surface area (Å²) in [6.07, 6.45) is 1.71. The van der Waals surface area contributed by atoms with Crippen molar-refractivity contribution in [2.24, 2.45) is 0 Å². The lowest BCUT2D eigenvalue weighted by Crippen LogP contribution is -2.22. The van der Waals surface area contributed by atoms with Crippen LogP contribution in [0.15, 0.2) is 65.7 Å². The maximum Gasteiger partial charge on any atom is 0.190 e. The van der Waals surface area contributed by atoms with E-state index in [0.717, 1.165) is 0 Å². The molecule has 0 saturated carbocycles. The normalized spacial score (nSPS) is 16.9. The molecule has 0 fully saturated rings. The number of rotatable bonds is 3. The molecule has 25 heavy (non-hydrogen) atoms. The third kappa shape index (κ3) is 2.56. The number of nitrogen functional groups attached to an aromatic ring is 1. The molecule has 1 unspecified atom stereocenters. The van der Waals surface area contributed by atoms with E-state index < -0.39 is 15.1 Å². The second-order valence-electron chi connectivity index (χ2n) is 5.85. The van der Waals surface area contributed by atoms with E-state index in [-0.39, 0.29) is 10.7 Å². The van der Waals surface area contributed by atoms with Crippen LogP contribution in [0, 0.1) is 0 Å². The van der Waals surface area contributed by atoms with Gasteiger partial charge in [-0.2, -0.15) is 5.10 Å². The Labute approximate surface area is 145 Å². The van der Waals surface area contributed by atoms with E-state index >= 15 is 0 Å². The van der Waals surface area contributed by atoms with Gasteiger partial charge in [0.15, 0.2) is 9.84 Å². The van der Waals surface area contributed by atoms with E-state index in [0.29, 0.717) is 30.0 Å². The molecule has 2 aromatic carbocycles. The number of aromatic nitrogens is 2. The lowest BCUT2D eigenvalue weighted by molar-refractivity contribution is 0.283. The van der Waals surface area contributed by atoms with Crippen molar-refractivity contribution in [3.63, 3.8) is 0 Å². The van der Waals surface area contributed by atoms with Crippen LogP contribution in [0.25, 0.3) is 5.69 Å². The Hall–Kier alpha value is -2.80. The summed E-state index contributed by atoms with van der Waals surface area (Å²) in [7, 11) is -3.68. The number of para-hydroxylation sites is 2. The van der Waals surface area contributed by atoms with E-state index in [2.05, 4.69) is 5.10 Å². The molecule has 0 amide bonds. The van der Waals surface area contributed by atoms with Gasteiger partial charge in [0.25, 0.3) is 0 Å². The molecule has 0 spiro atoms. The third-order valence-electron chi connectivity index (χ3n) is 4.36. The van der Waals surface area contributed by atoms with Gasteiger partial charge in [0.1, 0.15) is 16.5 Å². The Morgan fingerprint density at radius 1 is 1.08 bits per heavy atom. The molecular weight excluding hydrogens is 338 g/mol. The Balaban J connectivity index is 1.79. The second kappa shape index (κ2) is 5.93. The largest absolute Gasteiger partial charge is 0.493 e. The highest BCUT2D eigenvalue weighted by molar-refractivity contribution is 7.91. The summed E-state index contributed by atoms with van der Waals surface area (Å²) in [5.41, 5.74) is 7.52. The molecule has 2 heterocycles. The third-order valence-corrected chi connectivity index (χ3v) is 6.52. The number of hydrogen-bond donors (Lipinski definition) is 1.